The van der Waals surface area contributed by atoms with E-state index in [-0.39, 0.29) is 28.3 Å². The molecule has 39 heavy (non-hydrogen) atoms. The summed E-state index contributed by atoms with van der Waals surface area (Å²) < 4.78 is 17.4. The number of nitrogen functional groups attached to an aromatic ring is 1. The second kappa shape index (κ2) is 10.6. The Bertz CT molecular complexity index is 1430. The molecule has 2 aromatic carbocycles. The summed E-state index contributed by atoms with van der Waals surface area (Å²) in [7, 11) is 0. The minimum atomic E-state index is -1.35. The van der Waals surface area contributed by atoms with Crippen molar-refractivity contribution in [1.29, 1.82) is 0 Å². The lowest BCUT2D eigenvalue weighted by Gasteiger charge is -2.42. The number of halogens is 1. The zero-order valence-electron chi connectivity index (χ0n) is 23.0. The van der Waals surface area contributed by atoms with Gasteiger partial charge in [-0.25, -0.2) is 9.18 Å². The van der Waals surface area contributed by atoms with E-state index in [2.05, 4.69) is 47.9 Å². The van der Waals surface area contributed by atoms with Crippen molar-refractivity contribution >= 4 is 28.2 Å². The summed E-state index contributed by atoms with van der Waals surface area (Å²) in [4.78, 5) is 24.7. The molecule has 7 nitrogen and oxygen atoms in total. The number of nitrogens with one attached hydrogen (secondary N) is 2. The van der Waals surface area contributed by atoms with Gasteiger partial charge in [-0.1, -0.05) is 43.7 Å². The van der Waals surface area contributed by atoms with Crippen LogP contribution in [0.1, 0.15) is 93.6 Å². The van der Waals surface area contributed by atoms with Crippen LogP contribution >= 0.6 is 0 Å². The van der Waals surface area contributed by atoms with Gasteiger partial charge in [-0.2, -0.15) is 0 Å². The van der Waals surface area contributed by atoms with Crippen molar-refractivity contribution in [3.05, 3.63) is 69.8 Å². The number of pyridine rings is 1. The van der Waals surface area contributed by atoms with Crippen molar-refractivity contribution in [2.45, 2.75) is 95.3 Å². The number of nitrogens with two attached hydrogens (primary N) is 1. The summed E-state index contributed by atoms with van der Waals surface area (Å²) in [5.74, 6) is -1.47. The van der Waals surface area contributed by atoms with Gasteiger partial charge in [0, 0.05) is 35.8 Å². The number of aromatic carboxylic acids is 1. The molecule has 5 N–H and O–H groups in total. The third-order valence-electron chi connectivity index (χ3n) is 8.62. The molecule has 2 atom stereocenters. The number of nitrogens with zero attached hydrogens (tertiary/aromatic N) is 1. The van der Waals surface area contributed by atoms with Crippen LogP contribution in [-0.2, 0) is 0 Å². The molecule has 0 bridgehead atoms. The van der Waals surface area contributed by atoms with Crippen molar-refractivity contribution < 1.29 is 14.3 Å². The van der Waals surface area contributed by atoms with Crippen LogP contribution in [0.4, 0.5) is 15.8 Å². The molecule has 0 aliphatic heterocycles. The average Bonchev–Trinajstić information content (AvgIpc) is 3.68. The maximum Gasteiger partial charge on any atom is 0.341 e. The van der Waals surface area contributed by atoms with E-state index in [0.29, 0.717) is 23.5 Å². The van der Waals surface area contributed by atoms with Crippen LogP contribution in [-0.4, -0.2) is 33.3 Å². The Morgan fingerprint density at radius 2 is 1.92 bits per heavy atom. The van der Waals surface area contributed by atoms with Gasteiger partial charge < -0.3 is 26.0 Å². The second-order valence-electron chi connectivity index (χ2n) is 11.7. The number of rotatable bonds is 9. The van der Waals surface area contributed by atoms with Crippen LogP contribution in [0.3, 0.4) is 0 Å². The number of fused-ring (bicyclic) bond motifs is 1. The van der Waals surface area contributed by atoms with Crippen LogP contribution in [0.5, 0.6) is 0 Å². The molecule has 0 amide bonds. The van der Waals surface area contributed by atoms with Crippen molar-refractivity contribution in [2.24, 2.45) is 0 Å². The number of carboxylic acids is 1. The van der Waals surface area contributed by atoms with Gasteiger partial charge in [0.15, 0.2) is 5.82 Å². The van der Waals surface area contributed by atoms with Crippen LogP contribution in [0, 0.1) is 5.82 Å². The van der Waals surface area contributed by atoms with E-state index in [1.807, 2.05) is 13.8 Å². The zero-order chi connectivity index (χ0) is 27.9. The predicted molar refractivity (Wildman–Crippen MR) is 154 cm³/mol. The van der Waals surface area contributed by atoms with E-state index in [9.17, 15) is 14.7 Å². The summed E-state index contributed by atoms with van der Waals surface area (Å²) in [6.45, 7) is 5.91. The standard InChI is InChI=1S/C31H39FN4O3/c1-4-12-31(13-10-20(11-14-31)34-23-15-21(23)19-8-6-5-7-9-19)35-24-16-25-26(28(33)27(24)32)29(37)22(30(38)39)17-36(25)18(2)3/h5-9,16-18,20-21,23,34-35H,4,10-15,33H2,1-3H3,(H,38,39)/t20?,21-,23+,31?/m1/s1. The van der Waals surface area contributed by atoms with Crippen molar-refractivity contribution in [1.82, 2.24) is 9.88 Å². The summed E-state index contributed by atoms with van der Waals surface area (Å²) in [5, 5.41) is 16.9. The molecule has 0 unspecified atom stereocenters. The predicted octanol–water partition coefficient (Wildman–Crippen LogP) is 6.04. The third-order valence-corrected chi connectivity index (χ3v) is 8.62. The molecule has 1 heterocycles. The maximum atomic E-state index is 15.7. The molecule has 0 spiro atoms. The fourth-order valence-corrected chi connectivity index (χ4v) is 6.47. The molecule has 2 saturated carbocycles. The van der Waals surface area contributed by atoms with E-state index < -0.39 is 22.8 Å². The summed E-state index contributed by atoms with van der Waals surface area (Å²) in [6.07, 6.45) is 8.12. The first-order valence-corrected chi connectivity index (χ1v) is 14.1. The van der Waals surface area contributed by atoms with Gasteiger partial charge in [0.05, 0.1) is 22.3 Å². The number of carboxylic acid groups (broad SMARTS) is 1. The Balaban J connectivity index is 1.38. The molecule has 3 aromatic rings. The smallest absolute Gasteiger partial charge is 0.341 e. The minimum Gasteiger partial charge on any atom is -0.477 e. The fourth-order valence-electron chi connectivity index (χ4n) is 6.47. The Labute approximate surface area is 228 Å². The molecule has 2 fully saturated rings. The van der Waals surface area contributed by atoms with Crippen LogP contribution < -0.4 is 21.8 Å². The highest BCUT2D eigenvalue weighted by atomic mass is 19.1. The molecule has 8 heteroatoms. The number of benzene rings is 2. The summed E-state index contributed by atoms with van der Waals surface area (Å²) >= 11 is 0. The van der Waals surface area contributed by atoms with Gasteiger partial charge in [-0.05, 0) is 64.0 Å². The van der Waals surface area contributed by atoms with Gasteiger partial charge in [-0.3, -0.25) is 4.79 Å². The Kier molecular flexibility index (Phi) is 7.42. The van der Waals surface area contributed by atoms with Crippen molar-refractivity contribution in [3.8, 4) is 0 Å². The van der Waals surface area contributed by atoms with E-state index >= 15 is 4.39 Å². The van der Waals surface area contributed by atoms with Gasteiger partial charge in [0.25, 0.3) is 0 Å². The highest BCUT2D eigenvalue weighted by Crippen LogP contribution is 2.43. The third kappa shape index (κ3) is 5.26. The summed E-state index contributed by atoms with van der Waals surface area (Å²) in [5.41, 5.74) is 6.53. The lowest BCUT2D eigenvalue weighted by atomic mass is 9.76. The van der Waals surface area contributed by atoms with Crippen LogP contribution in [0.25, 0.3) is 10.9 Å². The van der Waals surface area contributed by atoms with E-state index in [4.69, 9.17) is 5.73 Å². The molecule has 2 aliphatic rings. The topological polar surface area (TPSA) is 109 Å². The molecule has 5 rings (SSSR count). The molecule has 208 valence electrons. The number of anilines is 2. The minimum absolute atomic E-state index is 0.0819. The Hall–Kier alpha value is -3.39. The molecule has 1 aromatic heterocycles. The summed E-state index contributed by atoms with van der Waals surface area (Å²) in [6, 6.07) is 13.1. The lowest BCUT2D eigenvalue weighted by Crippen LogP contribution is -2.47. The van der Waals surface area contributed by atoms with E-state index in [1.165, 1.54) is 18.2 Å². The second-order valence-corrected chi connectivity index (χ2v) is 11.7. The van der Waals surface area contributed by atoms with Gasteiger partial charge >= 0.3 is 5.97 Å². The largest absolute Gasteiger partial charge is 0.477 e. The fraction of sp³-hybridized carbons (Fsp3) is 0.484. The number of hydrogen-bond donors (Lipinski definition) is 4. The molecular formula is C31H39FN4O3. The number of carbonyl (C=O) groups is 1. The number of aromatic nitrogens is 1. The molecule has 2 aliphatic carbocycles. The molecular weight excluding hydrogens is 495 g/mol. The van der Waals surface area contributed by atoms with Gasteiger partial charge in [0.2, 0.25) is 5.43 Å². The van der Waals surface area contributed by atoms with Crippen LogP contribution in [0.15, 0.2) is 47.4 Å². The first-order valence-electron chi connectivity index (χ1n) is 14.1. The highest BCUT2D eigenvalue weighted by Gasteiger charge is 2.42. The maximum absolute atomic E-state index is 15.7. The van der Waals surface area contributed by atoms with Crippen molar-refractivity contribution in [2.75, 3.05) is 11.1 Å². The molecule has 0 saturated heterocycles. The SMILES string of the molecule is CCCC1(Nc2cc3c(c(N)c2F)c(=O)c(C(=O)O)cn3C(C)C)CCC(N[C@H]2C[C@@H]2c2ccccc2)CC1. The van der Waals surface area contributed by atoms with E-state index in [0.717, 1.165) is 38.5 Å². The first-order chi connectivity index (χ1) is 18.6. The normalized spacial score (nSPS) is 24.7. The van der Waals surface area contributed by atoms with Gasteiger partial charge in [0.1, 0.15) is 5.56 Å². The zero-order valence-corrected chi connectivity index (χ0v) is 23.0. The highest BCUT2D eigenvalue weighted by molar-refractivity contribution is 5.99. The molecule has 0 radical (unpaired) electrons. The van der Waals surface area contributed by atoms with Gasteiger partial charge in [-0.15, -0.1) is 0 Å². The first kappa shape index (κ1) is 27.2. The average molecular weight is 535 g/mol. The number of hydrogen-bond acceptors (Lipinski definition) is 5. The van der Waals surface area contributed by atoms with E-state index in [1.54, 1.807) is 10.6 Å². The Morgan fingerprint density at radius 1 is 1.23 bits per heavy atom. The van der Waals surface area contributed by atoms with Crippen molar-refractivity contribution in [3.63, 3.8) is 0 Å². The monoisotopic (exact) mass is 534 g/mol. The van der Waals surface area contributed by atoms with Crippen LogP contribution in [0.2, 0.25) is 0 Å². The Morgan fingerprint density at radius 3 is 2.54 bits per heavy atom. The lowest BCUT2D eigenvalue weighted by molar-refractivity contribution is 0.0694. The quantitative estimate of drug-likeness (QED) is 0.249.